The zero-order valence-corrected chi connectivity index (χ0v) is 13.5. The molecule has 0 atom stereocenters. The van der Waals surface area contributed by atoms with Crippen molar-refractivity contribution < 1.29 is 13.9 Å². The minimum Gasteiger partial charge on any atom is -0.427 e. The zero-order chi connectivity index (χ0) is 16.9. The van der Waals surface area contributed by atoms with Crippen LogP contribution in [0, 0.1) is 11.2 Å². The lowest BCUT2D eigenvalue weighted by molar-refractivity contribution is -0.136. The maximum Gasteiger partial charge on any atom is 0.311 e. The van der Waals surface area contributed by atoms with E-state index in [1.807, 2.05) is 32.9 Å². The van der Waals surface area contributed by atoms with Crippen LogP contribution in [0.15, 0.2) is 53.5 Å². The molecule has 0 fully saturated rings. The third-order valence-corrected chi connectivity index (χ3v) is 2.98. The molecule has 0 N–H and O–H groups in total. The second-order valence-electron chi connectivity index (χ2n) is 6.52. The Balaban J connectivity index is 1.96. The molecule has 0 heterocycles. The first-order valence-electron chi connectivity index (χ1n) is 7.42. The van der Waals surface area contributed by atoms with Crippen LogP contribution in [0.2, 0.25) is 0 Å². The van der Waals surface area contributed by atoms with Gasteiger partial charge < -0.3 is 4.74 Å². The van der Waals surface area contributed by atoms with Crippen LogP contribution < -0.4 is 4.74 Å². The van der Waals surface area contributed by atoms with Gasteiger partial charge in [0.15, 0.2) is 0 Å². The van der Waals surface area contributed by atoms with Gasteiger partial charge >= 0.3 is 5.97 Å². The van der Waals surface area contributed by atoms with E-state index in [1.165, 1.54) is 12.1 Å². The van der Waals surface area contributed by atoms with E-state index in [0.29, 0.717) is 17.9 Å². The van der Waals surface area contributed by atoms with Crippen molar-refractivity contribution >= 4 is 17.9 Å². The zero-order valence-electron chi connectivity index (χ0n) is 13.5. The molecule has 4 heteroatoms. The van der Waals surface area contributed by atoms with Crippen molar-refractivity contribution in [2.24, 2.45) is 10.4 Å². The van der Waals surface area contributed by atoms with Crippen LogP contribution in [0.3, 0.4) is 0 Å². The summed E-state index contributed by atoms with van der Waals surface area (Å²) in [6, 6.07) is 13.0. The second-order valence-corrected chi connectivity index (χ2v) is 6.52. The quantitative estimate of drug-likeness (QED) is 0.456. The predicted octanol–water partition coefficient (Wildman–Crippen LogP) is 4.92. The number of rotatable bonds is 4. The predicted molar refractivity (Wildman–Crippen MR) is 89.8 cm³/mol. The summed E-state index contributed by atoms with van der Waals surface area (Å²) < 4.78 is 18.1. The Kier molecular flexibility index (Phi) is 5.27. The summed E-state index contributed by atoms with van der Waals surface area (Å²) in [5.74, 6) is -0.0196. The van der Waals surface area contributed by atoms with Gasteiger partial charge in [-0.25, -0.2) is 4.39 Å². The Bertz CT molecular complexity index is 683. The van der Waals surface area contributed by atoms with E-state index in [4.69, 9.17) is 4.74 Å². The van der Waals surface area contributed by atoms with E-state index in [2.05, 4.69) is 4.99 Å². The highest BCUT2D eigenvalue weighted by molar-refractivity contribution is 5.82. The average Bonchev–Trinajstić information content (AvgIpc) is 2.46. The molecule has 23 heavy (non-hydrogen) atoms. The van der Waals surface area contributed by atoms with Crippen molar-refractivity contribution in [3.8, 4) is 5.75 Å². The van der Waals surface area contributed by atoms with Crippen molar-refractivity contribution in [3.63, 3.8) is 0 Å². The van der Waals surface area contributed by atoms with Gasteiger partial charge in [-0.2, -0.15) is 0 Å². The summed E-state index contributed by atoms with van der Waals surface area (Å²) in [5.41, 5.74) is 1.44. The van der Waals surface area contributed by atoms with Gasteiger partial charge in [-0.3, -0.25) is 9.79 Å². The molecule has 2 aromatic carbocycles. The molecule has 0 radical (unpaired) electrons. The standard InChI is InChI=1S/C19H20FNO2/c1-19(2,3)12-18(22)23-17-10-4-14(5-11-17)13-21-16-8-6-15(20)7-9-16/h4-11,13H,12H2,1-3H3. The number of aliphatic imine (C=N–C) groups is 1. The van der Waals surface area contributed by atoms with Gasteiger partial charge in [0.25, 0.3) is 0 Å². The Morgan fingerprint density at radius 2 is 1.70 bits per heavy atom. The molecule has 0 aromatic heterocycles. The Morgan fingerprint density at radius 1 is 1.09 bits per heavy atom. The van der Waals surface area contributed by atoms with E-state index in [1.54, 1.807) is 30.5 Å². The molecule has 2 aromatic rings. The molecular formula is C19H20FNO2. The number of hydrogen-bond donors (Lipinski definition) is 0. The highest BCUT2D eigenvalue weighted by atomic mass is 19.1. The molecule has 0 aliphatic rings. The van der Waals surface area contributed by atoms with Gasteiger partial charge in [0.05, 0.1) is 12.1 Å². The lowest BCUT2D eigenvalue weighted by Gasteiger charge is -2.16. The minimum absolute atomic E-state index is 0.0984. The molecule has 0 aliphatic heterocycles. The van der Waals surface area contributed by atoms with Gasteiger partial charge in [-0.05, 0) is 59.5 Å². The van der Waals surface area contributed by atoms with Crippen LogP contribution in [0.25, 0.3) is 0 Å². The second kappa shape index (κ2) is 7.18. The SMILES string of the molecule is CC(C)(C)CC(=O)Oc1ccc(C=Nc2ccc(F)cc2)cc1. The molecule has 120 valence electrons. The van der Waals surface area contributed by atoms with Crippen LogP contribution in [0.4, 0.5) is 10.1 Å². The van der Waals surface area contributed by atoms with Crippen LogP contribution in [0.5, 0.6) is 5.75 Å². The smallest absolute Gasteiger partial charge is 0.311 e. The number of benzene rings is 2. The molecule has 0 bridgehead atoms. The molecule has 0 saturated heterocycles. The van der Waals surface area contributed by atoms with E-state index in [-0.39, 0.29) is 17.2 Å². The van der Waals surface area contributed by atoms with Crippen molar-refractivity contribution in [2.75, 3.05) is 0 Å². The van der Waals surface area contributed by atoms with E-state index in [0.717, 1.165) is 5.56 Å². The fourth-order valence-electron chi connectivity index (χ4n) is 1.90. The van der Waals surface area contributed by atoms with Gasteiger partial charge in [-0.1, -0.05) is 20.8 Å². The molecule has 0 saturated carbocycles. The Morgan fingerprint density at radius 3 is 2.26 bits per heavy atom. The average molecular weight is 313 g/mol. The number of nitrogens with zero attached hydrogens (tertiary/aromatic N) is 1. The van der Waals surface area contributed by atoms with Gasteiger partial charge in [-0.15, -0.1) is 0 Å². The maximum absolute atomic E-state index is 12.8. The molecular weight excluding hydrogens is 293 g/mol. The lowest BCUT2D eigenvalue weighted by Crippen LogP contribution is -2.17. The number of esters is 1. The molecule has 3 nitrogen and oxygen atoms in total. The molecule has 0 unspecified atom stereocenters. The Hall–Kier alpha value is -2.49. The fraction of sp³-hybridized carbons (Fsp3) is 0.263. The van der Waals surface area contributed by atoms with Gasteiger partial charge in [0, 0.05) is 6.21 Å². The first-order chi connectivity index (χ1) is 10.8. The topological polar surface area (TPSA) is 38.7 Å². The molecule has 0 aliphatic carbocycles. The third kappa shape index (κ3) is 6.02. The summed E-state index contributed by atoms with van der Waals surface area (Å²) in [6.07, 6.45) is 2.04. The van der Waals surface area contributed by atoms with Crippen LogP contribution in [-0.2, 0) is 4.79 Å². The Labute approximate surface area is 135 Å². The number of carbonyl (C=O) groups is 1. The van der Waals surface area contributed by atoms with Crippen LogP contribution in [0.1, 0.15) is 32.8 Å². The third-order valence-electron chi connectivity index (χ3n) is 2.98. The summed E-state index contributed by atoms with van der Waals surface area (Å²) in [4.78, 5) is 16.0. The summed E-state index contributed by atoms with van der Waals surface area (Å²) >= 11 is 0. The van der Waals surface area contributed by atoms with Crippen molar-refractivity contribution in [1.29, 1.82) is 0 Å². The highest BCUT2D eigenvalue weighted by Crippen LogP contribution is 2.21. The molecule has 0 spiro atoms. The fourth-order valence-corrected chi connectivity index (χ4v) is 1.90. The highest BCUT2D eigenvalue weighted by Gasteiger charge is 2.17. The normalized spacial score (nSPS) is 11.7. The summed E-state index contributed by atoms with van der Waals surface area (Å²) in [5, 5.41) is 0. The summed E-state index contributed by atoms with van der Waals surface area (Å²) in [6.45, 7) is 5.97. The van der Waals surface area contributed by atoms with Crippen LogP contribution >= 0.6 is 0 Å². The monoisotopic (exact) mass is 313 g/mol. The first-order valence-corrected chi connectivity index (χ1v) is 7.42. The first kappa shape index (κ1) is 16.9. The molecule has 0 amide bonds. The van der Waals surface area contributed by atoms with Gasteiger partial charge in [0.1, 0.15) is 11.6 Å². The van der Waals surface area contributed by atoms with E-state index >= 15 is 0 Å². The summed E-state index contributed by atoms with van der Waals surface area (Å²) in [7, 11) is 0. The lowest BCUT2D eigenvalue weighted by atomic mass is 9.92. The molecule has 2 rings (SSSR count). The minimum atomic E-state index is -0.287. The van der Waals surface area contributed by atoms with Crippen molar-refractivity contribution in [2.45, 2.75) is 27.2 Å². The largest absolute Gasteiger partial charge is 0.427 e. The van der Waals surface area contributed by atoms with Crippen molar-refractivity contribution in [3.05, 3.63) is 59.9 Å². The van der Waals surface area contributed by atoms with E-state index < -0.39 is 0 Å². The number of ether oxygens (including phenoxy) is 1. The number of hydrogen-bond acceptors (Lipinski definition) is 3. The van der Waals surface area contributed by atoms with Gasteiger partial charge in [0.2, 0.25) is 0 Å². The van der Waals surface area contributed by atoms with Crippen LogP contribution in [-0.4, -0.2) is 12.2 Å². The van der Waals surface area contributed by atoms with Crippen molar-refractivity contribution in [1.82, 2.24) is 0 Å². The number of carbonyl (C=O) groups excluding carboxylic acids is 1. The van der Waals surface area contributed by atoms with E-state index in [9.17, 15) is 9.18 Å². The maximum atomic E-state index is 12.8. The number of halogens is 1.